The van der Waals surface area contributed by atoms with Crippen LogP contribution in [-0.2, 0) is 17.8 Å². The third kappa shape index (κ3) is 7.43. The molecule has 0 aliphatic rings. The van der Waals surface area contributed by atoms with Gasteiger partial charge in [-0.25, -0.2) is 4.79 Å². The van der Waals surface area contributed by atoms with Crippen molar-refractivity contribution < 1.29 is 19.1 Å². The van der Waals surface area contributed by atoms with Gasteiger partial charge in [0.1, 0.15) is 6.54 Å². The van der Waals surface area contributed by atoms with E-state index in [1.165, 1.54) is 0 Å². The van der Waals surface area contributed by atoms with Gasteiger partial charge in [-0.3, -0.25) is 4.79 Å². The first-order valence-electron chi connectivity index (χ1n) is 14.4. The Hall–Kier alpha value is -4.46. The van der Waals surface area contributed by atoms with Crippen molar-refractivity contribution in [2.24, 2.45) is 5.92 Å². The maximum atomic E-state index is 14.0. The van der Waals surface area contributed by atoms with Crippen molar-refractivity contribution in [3.8, 4) is 11.5 Å². The Morgan fingerprint density at radius 3 is 2.43 bits per heavy atom. The molecule has 0 radical (unpaired) electrons. The molecule has 4 rings (SSSR count). The molecule has 0 atom stereocenters. The molecule has 0 unspecified atom stereocenters. The molecule has 0 aliphatic heterocycles. The van der Waals surface area contributed by atoms with E-state index in [0.717, 1.165) is 38.8 Å². The van der Waals surface area contributed by atoms with Crippen LogP contribution in [0.4, 0.5) is 10.5 Å². The molecule has 3 aromatic carbocycles. The van der Waals surface area contributed by atoms with Gasteiger partial charge in [0, 0.05) is 42.4 Å². The van der Waals surface area contributed by atoms with Crippen LogP contribution in [0.1, 0.15) is 36.1 Å². The largest absolute Gasteiger partial charge is 0.493 e. The highest BCUT2D eigenvalue weighted by Gasteiger charge is 2.24. The molecule has 0 saturated carbocycles. The summed E-state index contributed by atoms with van der Waals surface area (Å²) in [7, 11) is 3.20. The number of ether oxygens (including phenoxy) is 2. The summed E-state index contributed by atoms with van der Waals surface area (Å²) in [5.74, 6) is 1.30. The second kappa shape index (κ2) is 13.9. The smallest absolute Gasteiger partial charge is 0.322 e. The van der Waals surface area contributed by atoms with E-state index in [9.17, 15) is 9.59 Å². The lowest BCUT2D eigenvalue weighted by Gasteiger charge is -2.29. The van der Waals surface area contributed by atoms with Crippen molar-refractivity contribution in [2.75, 3.05) is 39.2 Å². The summed E-state index contributed by atoms with van der Waals surface area (Å²) in [6, 6.07) is 19.4. The standard InChI is InChI=1S/C34H42N4O4/c1-23(2)20-38(34(40)36-29-13-9-10-24(3)25(29)4)22-33(39)37(21-26-14-15-31(41-5)32(18-26)42-6)17-16-27-19-35-30-12-8-7-11-28(27)30/h7-15,18-19,23,35H,16-17,20-22H2,1-6H3,(H,36,40). The van der Waals surface area contributed by atoms with E-state index >= 15 is 0 Å². The number of hydrogen-bond acceptors (Lipinski definition) is 4. The zero-order valence-corrected chi connectivity index (χ0v) is 25.5. The van der Waals surface area contributed by atoms with Gasteiger partial charge in [-0.15, -0.1) is 0 Å². The first kappa shape index (κ1) is 30.5. The molecule has 2 N–H and O–H groups in total. The Morgan fingerprint density at radius 1 is 0.929 bits per heavy atom. The number of fused-ring (bicyclic) bond motifs is 1. The number of amides is 3. The molecule has 0 spiro atoms. The number of rotatable bonds is 12. The van der Waals surface area contributed by atoms with Gasteiger partial charge in [-0.05, 0) is 72.7 Å². The van der Waals surface area contributed by atoms with E-state index in [2.05, 4.69) is 16.4 Å². The fourth-order valence-electron chi connectivity index (χ4n) is 5.09. The number of aromatic amines is 1. The number of para-hydroxylation sites is 1. The number of aromatic nitrogens is 1. The van der Waals surface area contributed by atoms with Gasteiger partial charge in [0.05, 0.1) is 14.2 Å². The van der Waals surface area contributed by atoms with Gasteiger partial charge >= 0.3 is 6.03 Å². The molecule has 222 valence electrons. The van der Waals surface area contributed by atoms with Crippen LogP contribution >= 0.6 is 0 Å². The number of carbonyl (C=O) groups is 2. The van der Waals surface area contributed by atoms with Crippen LogP contribution in [0.2, 0.25) is 0 Å². The maximum Gasteiger partial charge on any atom is 0.322 e. The van der Waals surface area contributed by atoms with Crippen molar-refractivity contribution in [2.45, 2.75) is 40.7 Å². The molecule has 1 heterocycles. The third-order valence-corrected chi connectivity index (χ3v) is 7.55. The Balaban J connectivity index is 1.57. The molecule has 3 amide bonds. The van der Waals surface area contributed by atoms with E-state index in [1.54, 1.807) is 19.1 Å². The number of H-pyrrole nitrogens is 1. The average Bonchev–Trinajstić information content (AvgIpc) is 3.39. The van der Waals surface area contributed by atoms with Crippen LogP contribution in [0.15, 0.2) is 66.9 Å². The first-order valence-corrected chi connectivity index (χ1v) is 14.4. The molecular weight excluding hydrogens is 528 g/mol. The van der Waals surface area contributed by atoms with Crippen molar-refractivity contribution >= 4 is 28.5 Å². The highest BCUT2D eigenvalue weighted by Crippen LogP contribution is 2.28. The van der Waals surface area contributed by atoms with Crippen LogP contribution < -0.4 is 14.8 Å². The minimum absolute atomic E-state index is 0.0317. The number of carbonyl (C=O) groups excluding carboxylic acids is 2. The molecule has 8 nitrogen and oxygen atoms in total. The van der Waals surface area contributed by atoms with E-state index < -0.39 is 0 Å². The Morgan fingerprint density at radius 2 is 1.69 bits per heavy atom. The summed E-state index contributed by atoms with van der Waals surface area (Å²) in [4.78, 5) is 34.2. The van der Waals surface area contributed by atoms with Crippen molar-refractivity contribution in [3.63, 3.8) is 0 Å². The SMILES string of the molecule is COc1ccc(CN(CCc2c[nH]c3ccccc23)C(=O)CN(CC(C)C)C(=O)Nc2cccc(C)c2C)cc1OC. The summed E-state index contributed by atoms with van der Waals surface area (Å²) in [5.41, 5.74) is 5.98. The highest BCUT2D eigenvalue weighted by atomic mass is 16.5. The molecule has 0 aliphatic carbocycles. The highest BCUT2D eigenvalue weighted by molar-refractivity contribution is 5.93. The number of anilines is 1. The third-order valence-electron chi connectivity index (χ3n) is 7.55. The quantitative estimate of drug-likeness (QED) is 0.202. The lowest BCUT2D eigenvalue weighted by atomic mass is 10.1. The van der Waals surface area contributed by atoms with Crippen molar-refractivity contribution in [1.82, 2.24) is 14.8 Å². The average molecular weight is 571 g/mol. The minimum Gasteiger partial charge on any atom is -0.493 e. The number of urea groups is 1. The number of nitrogens with zero attached hydrogens (tertiary/aromatic N) is 2. The van der Waals surface area contributed by atoms with Gasteiger partial charge in [-0.2, -0.15) is 0 Å². The van der Waals surface area contributed by atoms with Gasteiger partial charge in [-0.1, -0.05) is 50.2 Å². The van der Waals surface area contributed by atoms with E-state index in [4.69, 9.17) is 9.47 Å². The second-order valence-corrected chi connectivity index (χ2v) is 11.1. The monoisotopic (exact) mass is 570 g/mol. The lowest BCUT2D eigenvalue weighted by molar-refractivity contribution is -0.132. The topological polar surface area (TPSA) is 86.9 Å². The normalized spacial score (nSPS) is 11.0. The number of hydrogen-bond donors (Lipinski definition) is 2. The Kier molecular flexibility index (Phi) is 10.1. The number of aryl methyl sites for hydroxylation is 1. The lowest BCUT2D eigenvalue weighted by Crippen LogP contribution is -2.46. The predicted octanol–water partition coefficient (Wildman–Crippen LogP) is 6.56. The molecule has 42 heavy (non-hydrogen) atoms. The van der Waals surface area contributed by atoms with Crippen LogP contribution in [-0.4, -0.2) is 60.6 Å². The van der Waals surface area contributed by atoms with Gasteiger partial charge in [0.2, 0.25) is 5.91 Å². The molecule has 0 saturated heterocycles. The summed E-state index contributed by atoms with van der Waals surface area (Å²) < 4.78 is 10.9. The molecule has 0 fully saturated rings. The number of nitrogens with one attached hydrogen (secondary N) is 2. The number of benzene rings is 3. The Bertz CT molecular complexity index is 1530. The van der Waals surface area contributed by atoms with E-state index in [-0.39, 0.29) is 24.4 Å². The molecule has 4 aromatic rings. The molecule has 8 heteroatoms. The summed E-state index contributed by atoms with van der Waals surface area (Å²) in [6.07, 6.45) is 2.67. The van der Waals surface area contributed by atoms with E-state index in [0.29, 0.717) is 37.6 Å². The molecule has 0 bridgehead atoms. The molecular formula is C34H42N4O4. The maximum absolute atomic E-state index is 14.0. The van der Waals surface area contributed by atoms with Gasteiger partial charge in [0.15, 0.2) is 11.5 Å². The summed E-state index contributed by atoms with van der Waals surface area (Å²) in [6.45, 7) is 9.37. The van der Waals surface area contributed by atoms with Crippen molar-refractivity contribution in [3.05, 3.63) is 89.1 Å². The van der Waals surface area contributed by atoms with Gasteiger partial charge < -0.3 is 29.6 Å². The zero-order chi connectivity index (χ0) is 30.2. The summed E-state index contributed by atoms with van der Waals surface area (Å²) in [5, 5.41) is 4.18. The molecule has 1 aromatic heterocycles. The minimum atomic E-state index is -0.284. The summed E-state index contributed by atoms with van der Waals surface area (Å²) >= 11 is 0. The fourth-order valence-corrected chi connectivity index (χ4v) is 5.09. The first-order chi connectivity index (χ1) is 20.2. The zero-order valence-electron chi connectivity index (χ0n) is 25.5. The van der Waals surface area contributed by atoms with Crippen molar-refractivity contribution in [1.29, 1.82) is 0 Å². The predicted molar refractivity (Wildman–Crippen MR) is 168 cm³/mol. The van der Waals surface area contributed by atoms with Gasteiger partial charge in [0.25, 0.3) is 0 Å². The van der Waals surface area contributed by atoms with Crippen LogP contribution in [0.3, 0.4) is 0 Å². The van der Waals surface area contributed by atoms with Crippen LogP contribution in [0.5, 0.6) is 11.5 Å². The van der Waals surface area contributed by atoms with Crippen LogP contribution in [0.25, 0.3) is 10.9 Å². The second-order valence-electron chi connectivity index (χ2n) is 11.1. The fraction of sp³-hybridized carbons (Fsp3) is 0.353. The van der Waals surface area contributed by atoms with E-state index in [1.807, 2.05) is 93.4 Å². The Labute approximate surface area is 248 Å². The number of methoxy groups -OCH3 is 2. The van der Waals surface area contributed by atoms with Crippen LogP contribution in [0, 0.1) is 19.8 Å².